The normalized spacial score (nSPS) is 12.4. The smallest absolute Gasteiger partial charge is 0.283 e. The molecule has 0 radical (unpaired) electrons. The van der Waals surface area contributed by atoms with Crippen LogP contribution in [-0.2, 0) is 11.5 Å². The Kier molecular flexibility index (Phi) is 7.06. The fourth-order valence-corrected chi connectivity index (χ4v) is 3.10. The van der Waals surface area contributed by atoms with Gasteiger partial charge in [0.1, 0.15) is 23.2 Å². The first kappa shape index (κ1) is 22.9. The van der Waals surface area contributed by atoms with Gasteiger partial charge in [-0.2, -0.15) is 10.2 Å². The van der Waals surface area contributed by atoms with E-state index < -0.39 is 41.2 Å². The highest BCUT2D eigenvalue weighted by atomic mass is 35.5. The molecule has 1 amide bonds. The van der Waals surface area contributed by atoms with Crippen LogP contribution in [0.1, 0.15) is 37.2 Å². The fraction of sp³-hybridized carbons (Fsp3) is 0.278. The second kappa shape index (κ2) is 9.56. The second-order valence-electron chi connectivity index (χ2n) is 6.29. The van der Waals surface area contributed by atoms with Crippen molar-refractivity contribution in [3.05, 3.63) is 58.1 Å². The van der Waals surface area contributed by atoms with Gasteiger partial charge in [0, 0.05) is 5.02 Å². The van der Waals surface area contributed by atoms with E-state index in [0.29, 0.717) is 15.5 Å². The van der Waals surface area contributed by atoms with E-state index in [2.05, 4.69) is 15.5 Å². The number of anilines is 1. The van der Waals surface area contributed by atoms with Crippen LogP contribution in [0.25, 0.3) is 0 Å². The summed E-state index contributed by atoms with van der Waals surface area (Å²) in [5.74, 6) is -0.274. The molecule has 1 aromatic carbocycles. The van der Waals surface area contributed by atoms with E-state index in [-0.39, 0.29) is 12.4 Å². The summed E-state index contributed by atoms with van der Waals surface area (Å²) < 4.78 is 60.0. The SMILES string of the molecule is CC(C(=O)Nc1cnn(COc2cccc(Cl)c2)c1)n1nc(C(F)F)c(Cl)c1C(F)F. The first-order valence-electron chi connectivity index (χ1n) is 8.73. The number of nitrogens with one attached hydrogen (secondary N) is 1. The summed E-state index contributed by atoms with van der Waals surface area (Å²) in [5, 5.41) is 9.51. The molecular weight excluding hydrogens is 465 g/mol. The number of carbonyl (C=O) groups is 1. The Bertz CT molecular complexity index is 1070. The zero-order valence-electron chi connectivity index (χ0n) is 15.8. The minimum atomic E-state index is -3.20. The first-order chi connectivity index (χ1) is 14.7. The molecule has 0 spiro atoms. The van der Waals surface area contributed by atoms with Gasteiger partial charge in [0.05, 0.1) is 23.1 Å². The van der Waals surface area contributed by atoms with Gasteiger partial charge in [-0.15, -0.1) is 0 Å². The summed E-state index contributed by atoms with van der Waals surface area (Å²) in [6.07, 6.45) is -3.63. The summed E-state index contributed by atoms with van der Waals surface area (Å²) in [4.78, 5) is 12.5. The molecule has 0 aliphatic heterocycles. The highest BCUT2D eigenvalue weighted by Crippen LogP contribution is 2.36. The number of rotatable bonds is 8. The quantitative estimate of drug-likeness (QED) is 0.433. The van der Waals surface area contributed by atoms with Crippen LogP contribution < -0.4 is 10.1 Å². The molecule has 0 bridgehead atoms. The number of alkyl halides is 4. The average Bonchev–Trinajstić information content (AvgIpc) is 3.29. The lowest BCUT2D eigenvalue weighted by Gasteiger charge is -2.15. The summed E-state index contributed by atoms with van der Waals surface area (Å²) in [6.45, 7) is 1.24. The molecule has 0 saturated heterocycles. The monoisotopic (exact) mass is 479 g/mol. The van der Waals surface area contributed by atoms with Crippen molar-refractivity contribution < 1.29 is 27.1 Å². The number of amides is 1. The molecule has 0 aliphatic rings. The molecule has 13 heteroatoms. The Morgan fingerprint density at radius 1 is 1.23 bits per heavy atom. The number of ether oxygens (including phenoxy) is 1. The summed E-state index contributed by atoms with van der Waals surface area (Å²) in [7, 11) is 0. The summed E-state index contributed by atoms with van der Waals surface area (Å²) >= 11 is 11.5. The van der Waals surface area contributed by atoms with Gasteiger partial charge in [0.25, 0.3) is 12.9 Å². The van der Waals surface area contributed by atoms with E-state index in [0.717, 1.165) is 0 Å². The highest BCUT2D eigenvalue weighted by molar-refractivity contribution is 6.32. The Hall–Kier alpha value is -2.79. The van der Waals surface area contributed by atoms with Gasteiger partial charge < -0.3 is 10.1 Å². The van der Waals surface area contributed by atoms with Crippen LogP contribution in [0.2, 0.25) is 10.0 Å². The van der Waals surface area contributed by atoms with Crippen molar-refractivity contribution in [3.8, 4) is 5.75 Å². The molecule has 3 aromatic rings. The van der Waals surface area contributed by atoms with Crippen molar-refractivity contribution in [2.24, 2.45) is 0 Å². The van der Waals surface area contributed by atoms with Crippen molar-refractivity contribution in [1.82, 2.24) is 19.6 Å². The van der Waals surface area contributed by atoms with Crippen molar-refractivity contribution in [2.45, 2.75) is 32.5 Å². The maximum atomic E-state index is 13.3. The third-order valence-corrected chi connectivity index (χ3v) is 4.75. The second-order valence-corrected chi connectivity index (χ2v) is 7.11. The largest absolute Gasteiger partial charge is 0.471 e. The lowest BCUT2D eigenvalue weighted by atomic mass is 10.3. The number of carbonyl (C=O) groups excluding carboxylic acids is 1. The van der Waals surface area contributed by atoms with E-state index in [1.807, 2.05) is 0 Å². The number of nitrogens with zero attached hydrogens (tertiary/aromatic N) is 4. The van der Waals surface area contributed by atoms with Crippen LogP contribution in [0.4, 0.5) is 23.2 Å². The van der Waals surface area contributed by atoms with Crippen molar-refractivity contribution in [3.63, 3.8) is 0 Å². The average molecular weight is 480 g/mol. The molecule has 1 N–H and O–H groups in total. The molecule has 1 atom stereocenters. The van der Waals surface area contributed by atoms with Gasteiger partial charge >= 0.3 is 0 Å². The lowest BCUT2D eigenvalue weighted by Crippen LogP contribution is -2.26. The predicted molar refractivity (Wildman–Crippen MR) is 105 cm³/mol. The number of aromatic nitrogens is 4. The molecular formula is C18H15Cl2F4N5O2. The lowest BCUT2D eigenvalue weighted by molar-refractivity contribution is -0.119. The molecule has 7 nitrogen and oxygen atoms in total. The van der Waals surface area contributed by atoms with Crippen molar-refractivity contribution in [2.75, 3.05) is 5.32 Å². The maximum Gasteiger partial charge on any atom is 0.283 e. The van der Waals surface area contributed by atoms with E-state index in [9.17, 15) is 22.4 Å². The minimum Gasteiger partial charge on any atom is -0.471 e. The number of hydrogen-bond donors (Lipinski definition) is 1. The third-order valence-electron chi connectivity index (χ3n) is 4.13. The van der Waals surface area contributed by atoms with E-state index in [1.54, 1.807) is 24.3 Å². The Balaban J connectivity index is 1.69. The topological polar surface area (TPSA) is 74.0 Å². The predicted octanol–water partition coefficient (Wildman–Crippen LogP) is 5.50. The molecule has 0 aliphatic carbocycles. The summed E-state index contributed by atoms with van der Waals surface area (Å²) in [6, 6.07) is 5.36. The number of hydrogen-bond acceptors (Lipinski definition) is 4. The van der Waals surface area contributed by atoms with Crippen molar-refractivity contribution >= 4 is 34.8 Å². The maximum absolute atomic E-state index is 13.3. The first-order valence-corrected chi connectivity index (χ1v) is 9.48. The van der Waals surface area contributed by atoms with Gasteiger partial charge in [0.15, 0.2) is 6.73 Å². The standard InChI is InChI=1S/C18H15Cl2F4N5O2/c1-9(29-15(17(23)24)13(20)14(27-29)16(21)22)18(30)26-11-6-25-28(7-11)8-31-12-4-2-3-10(19)5-12/h2-7,9,16-17H,8H2,1H3,(H,26,30). The number of halogens is 6. The molecule has 2 aromatic heterocycles. The molecule has 1 unspecified atom stereocenters. The highest BCUT2D eigenvalue weighted by Gasteiger charge is 2.31. The third kappa shape index (κ3) is 5.28. The van der Waals surface area contributed by atoms with Gasteiger partial charge in [-0.05, 0) is 25.1 Å². The van der Waals surface area contributed by atoms with Crippen molar-refractivity contribution in [1.29, 1.82) is 0 Å². The molecule has 0 fully saturated rings. The Labute approximate surface area is 183 Å². The van der Waals surface area contributed by atoms with E-state index in [1.165, 1.54) is 24.0 Å². The van der Waals surface area contributed by atoms with Crippen LogP contribution >= 0.6 is 23.2 Å². The van der Waals surface area contributed by atoms with Crippen LogP contribution in [0.3, 0.4) is 0 Å². The summed E-state index contributed by atoms with van der Waals surface area (Å²) in [5.41, 5.74) is -1.73. The zero-order chi connectivity index (χ0) is 22.7. The van der Waals surface area contributed by atoms with Gasteiger partial charge in [-0.3, -0.25) is 4.79 Å². The van der Waals surface area contributed by atoms with E-state index >= 15 is 0 Å². The fourth-order valence-electron chi connectivity index (χ4n) is 2.63. The van der Waals surface area contributed by atoms with Crippen LogP contribution in [0, 0.1) is 0 Å². The molecule has 31 heavy (non-hydrogen) atoms. The van der Waals surface area contributed by atoms with Crippen LogP contribution in [0.15, 0.2) is 36.7 Å². The Morgan fingerprint density at radius 2 is 1.97 bits per heavy atom. The Morgan fingerprint density at radius 3 is 2.61 bits per heavy atom. The molecule has 3 rings (SSSR count). The minimum absolute atomic E-state index is 0.00775. The molecule has 0 saturated carbocycles. The van der Waals surface area contributed by atoms with Gasteiger partial charge in [0.2, 0.25) is 5.91 Å². The zero-order valence-corrected chi connectivity index (χ0v) is 17.3. The number of benzene rings is 1. The van der Waals surface area contributed by atoms with E-state index in [4.69, 9.17) is 27.9 Å². The van der Waals surface area contributed by atoms with Crippen LogP contribution in [0.5, 0.6) is 5.75 Å². The van der Waals surface area contributed by atoms with Gasteiger partial charge in [-0.25, -0.2) is 26.9 Å². The van der Waals surface area contributed by atoms with Crippen LogP contribution in [-0.4, -0.2) is 25.5 Å². The van der Waals surface area contributed by atoms with Gasteiger partial charge in [-0.1, -0.05) is 29.3 Å². The molecule has 2 heterocycles. The molecule has 166 valence electrons.